The van der Waals surface area contributed by atoms with Gasteiger partial charge in [0.2, 0.25) is 0 Å². The van der Waals surface area contributed by atoms with Crippen LogP contribution in [0.5, 0.6) is 0 Å². The Bertz CT molecular complexity index is 783. The van der Waals surface area contributed by atoms with Gasteiger partial charge in [-0.15, -0.1) is 0 Å². The Morgan fingerprint density at radius 1 is 1.29 bits per heavy atom. The molecule has 1 heterocycles. The molecule has 6 nitrogen and oxygen atoms in total. The van der Waals surface area contributed by atoms with E-state index in [1.807, 2.05) is 0 Å². The van der Waals surface area contributed by atoms with Crippen molar-refractivity contribution in [2.45, 2.75) is 31.1 Å². The number of sulfonamides is 1. The van der Waals surface area contributed by atoms with Gasteiger partial charge in [0.15, 0.2) is 0 Å². The van der Waals surface area contributed by atoms with E-state index in [0.717, 1.165) is 5.56 Å². The van der Waals surface area contributed by atoms with Crippen LogP contribution in [-0.4, -0.2) is 18.6 Å². The lowest BCUT2D eigenvalue weighted by Crippen LogP contribution is -2.15. The molecule has 1 aromatic carbocycles. The molecular formula is C14H16N4O2S. The van der Waals surface area contributed by atoms with Gasteiger partial charge in [0.05, 0.1) is 23.4 Å². The summed E-state index contributed by atoms with van der Waals surface area (Å²) in [6.45, 7) is 5.25. The number of hydrogen-bond acceptors (Lipinski definition) is 4. The van der Waals surface area contributed by atoms with Crippen LogP contribution in [0.15, 0.2) is 35.4 Å². The van der Waals surface area contributed by atoms with Gasteiger partial charge in [0, 0.05) is 5.69 Å². The zero-order valence-corrected chi connectivity index (χ0v) is 12.8. The zero-order chi connectivity index (χ0) is 15.7. The van der Waals surface area contributed by atoms with Crippen molar-refractivity contribution in [3.05, 3.63) is 41.7 Å². The van der Waals surface area contributed by atoms with E-state index in [9.17, 15) is 8.42 Å². The number of anilines is 1. The summed E-state index contributed by atoms with van der Waals surface area (Å²) < 4.78 is 26.9. The summed E-state index contributed by atoms with van der Waals surface area (Å²) in [6.07, 6.45) is 1.27. The first-order valence-electron chi connectivity index (χ1n) is 6.31. The molecule has 0 aliphatic heterocycles. The van der Waals surface area contributed by atoms with Crippen LogP contribution >= 0.6 is 0 Å². The second kappa shape index (κ2) is 5.22. The van der Waals surface area contributed by atoms with E-state index in [4.69, 9.17) is 5.26 Å². The van der Waals surface area contributed by atoms with Gasteiger partial charge < -0.3 is 0 Å². The highest BCUT2D eigenvalue weighted by molar-refractivity contribution is 7.92. The minimum absolute atomic E-state index is 0.115. The molecule has 0 aliphatic rings. The number of benzene rings is 1. The molecule has 0 fully saturated rings. The Labute approximate surface area is 123 Å². The number of aromatic nitrogens is 2. The number of nitrogens with zero attached hydrogens (tertiary/aromatic N) is 2. The maximum atomic E-state index is 12.2. The fraction of sp³-hybridized carbons (Fsp3) is 0.286. The maximum absolute atomic E-state index is 12.2. The monoisotopic (exact) mass is 304 g/mol. The van der Waals surface area contributed by atoms with Crippen molar-refractivity contribution >= 4 is 15.7 Å². The molecule has 2 rings (SSSR count). The van der Waals surface area contributed by atoms with Gasteiger partial charge in [-0.05, 0) is 38.5 Å². The molecule has 0 saturated carbocycles. The Morgan fingerprint density at radius 2 is 1.90 bits per heavy atom. The highest BCUT2D eigenvalue weighted by atomic mass is 32.2. The summed E-state index contributed by atoms with van der Waals surface area (Å²) in [6, 6.07) is 8.96. The van der Waals surface area contributed by atoms with Gasteiger partial charge in [0.25, 0.3) is 10.0 Å². The molecule has 0 bridgehead atoms. The predicted molar refractivity (Wildman–Crippen MR) is 79.2 cm³/mol. The van der Waals surface area contributed by atoms with E-state index < -0.39 is 15.4 Å². The third kappa shape index (κ3) is 3.06. The number of nitriles is 1. The Hall–Kier alpha value is -2.33. The summed E-state index contributed by atoms with van der Waals surface area (Å²) in [5.41, 5.74) is 1.13. The minimum Gasteiger partial charge on any atom is -0.281 e. The molecule has 7 heteroatoms. The molecule has 1 aromatic heterocycles. The van der Waals surface area contributed by atoms with Crippen molar-refractivity contribution < 1.29 is 8.42 Å². The van der Waals surface area contributed by atoms with Gasteiger partial charge >= 0.3 is 0 Å². The molecule has 0 aliphatic carbocycles. The third-order valence-electron chi connectivity index (χ3n) is 3.21. The van der Waals surface area contributed by atoms with Crippen LogP contribution in [0.2, 0.25) is 0 Å². The lowest BCUT2D eigenvalue weighted by molar-refractivity contribution is 0.600. The molecule has 2 aromatic rings. The quantitative estimate of drug-likeness (QED) is 0.905. The molecule has 0 saturated heterocycles. The molecule has 0 spiro atoms. The third-order valence-corrected chi connectivity index (χ3v) is 4.71. The summed E-state index contributed by atoms with van der Waals surface area (Å²) in [5.74, 6) is 0. The topological polar surface area (TPSA) is 98.6 Å². The van der Waals surface area contributed by atoms with Crippen molar-refractivity contribution in [3.8, 4) is 6.07 Å². The van der Waals surface area contributed by atoms with Crippen molar-refractivity contribution in [1.29, 1.82) is 5.26 Å². The SMILES string of the molecule is Cc1[nH]ncc1S(=O)(=O)Nc1ccc(C(C)(C)C#N)cc1. The van der Waals surface area contributed by atoms with Crippen molar-refractivity contribution in [1.82, 2.24) is 10.2 Å². The normalized spacial score (nSPS) is 11.9. The van der Waals surface area contributed by atoms with E-state index in [2.05, 4.69) is 21.0 Å². The summed E-state index contributed by atoms with van der Waals surface area (Å²) >= 11 is 0. The number of aryl methyl sites for hydroxylation is 1. The molecule has 0 amide bonds. The number of aromatic amines is 1. The molecule has 0 atom stereocenters. The number of rotatable bonds is 4. The first-order valence-corrected chi connectivity index (χ1v) is 7.79. The smallest absolute Gasteiger partial charge is 0.265 e. The average Bonchev–Trinajstić information content (AvgIpc) is 2.86. The summed E-state index contributed by atoms with van der Waals surface area (Å²) in [7, 11) is -3.66. The fourth-order valence-electron chi connectivity index (χ4n) is 1.84. The summed E-state index contributed by atoms with van der Waals surface area (Å²) in [4.78, 5) is 0.115. The average molecular weight is 304 g/mol. The summed E-state index contributed by atoms with van der Waals surface area (Å²) in [5, 5.41) is 15.4. The van der Waals surface area contributed by atoms with E-state index in [-0.39, 0.29) is 4.90 Å². The van der Waals surface area contributed by atoms with E-state index in [1.54, 1.807) is 45.0 Å². The Balaban J connectivity index is 2.26. The van der Waals surface area contributed by atoms with Gasteiger partial charge in [-0.1, -0.05) is 12.1 Å². The highest BCUT2D eigenvalue weighted by Gasteiger charge is 2.21. The van der Waals surface area contributed by atoms with Crippen molar-refractivity contribution in [2.75, 3.05) is 4.72 Å². The van der Waals surface area contributed by atoms with Gasteiger partial charge in [0.1, 0.15) is 4.90 Å². The van der Waals surface area contributed by atoms with Gasteiger partial charge in [-0.2, -0.15) is 10.4 Å². The van der Waals surface area contributed by atoms with Gasteiger partial charge in [-0.25, -0.2) is 8.42 Å². The van der Waals surface area contributed by atoms with Crippen LogP contribution in [0.4, 0.5) is 5.69 Å². The van der Waals surface area contributed by atoms with E-state index >= 15 is 0 Å². The number of H-pyrrole nitrogens is 1. The largest absolute Gasteiger partial charge is 0.281 e. The first kappa shape index (κ1) is 15.1. The molecule has 0 radical (unpaired) electrons. The van der Waals surface area contributed by atoms with Crippen molar-refractivity contribution in [3.63, 3.8) is 0 Å². The standard InChI is InChI=1S/C14H16N4O2S/c1-10-13(8-16-17-10)21(19,20)18-12-6-4-11(5-7-12)14(2,3)9-15/h4-8,18H,1-3H3,(H,16,17). The fourth-order valence-corrected chi connectivity index (χ4v) is 3.04. The number of nitrogens with one attached hydrogen (secondary N) is 2. The second-order valence-corrected chi connectivity index (χ2v) is 6.93. The molecule has 2 N–H and O–H groups in total. The van der Waals surface area contributed by atoms with Crippen molar-refractivity contribution in [2.24, 2.45) is 0 Å². The van der Waals surface area contributed by atoms with Crippen LogP contribution in [0, 0.1) is 18.3 Å². The predicted octanol–water partition coefficient (Wildman–Crippen LogP) is 2.32. The Kier molecular flexibility index (Phi) is 3.75. The highest BCUT2D eigenvalue weighted by Crippen LogP contribution is 2.24. The molecular weight excluding hydrogens is 288 g/mol. The molecule has 110 valence electrons. The lowest BCUT2D eigenvalue weighted by Gasteiger charge is -2.16. The first-order chi connectivity index (χ1) is 9.76. The Morgan fingerprint density at radius 3 is 2.38 bits per heavy atom. The molecule has 21 heavy (non-hydrogen) atoms. The van der Waals surface area contributed by atoms with E-state index in [1.165, 1.54) is 6.20 Å². The van der Waals surface area contributed by atoms with Crippen LogP contribution in [-0.2, 0) is 15.4 Å². The minimum atomic E-state index is -3.66. The number of hydrogen-bond donors (Lipinski definition) is 2. The van der Waals surface area contributed by atoms with Crippen LogP contribution in [0.3, 0.4) is 0 Å². The van der Waals surface area contributed by atoms with Gasteiger partial charge in [-0.3, -0.25) is 9.82 Å². The lowest BCUT2D eigenvalue weighted by atomic mass is 9.86. The zero-order valence-electron chi connectivity index (χ0n) is 12.0. The van der Waals surface area contributed by atoms with Crippen LogP contribution in [0.25, 0.3) is 0 Å². The van der Waals surface area contributed by atoms with Crippen LogP contribution < -0.4 is 4.72 Å². The van der Waals surface area contributed by atoms with E-state index in [0.29, 0.717) is 11.4 Å². The maximum Gasteiger partial charge on any atom is 0.265 e. The van der Waals surface area contributed by atoms with Crippen LogP contribution in [0.1, 0.15) is 25.1 Å². The molecule has 0 unspecified atom stereocenters. The second-order valence-electron chi connectivity index (χ2n) is 5.28.